The Morgan fingerprint density at radius 3 is 2.76 bits per heavy atom. The summed E-state index contributed by atoms with van der Waals surface area (Å²) in [4.78, 5) is 15.5. The molecule has 1 aromatic heterocycles. The highest BCUT2D eigenvalue weighted by molar-refractivity contribution is 6.34. The number of rotatable bonds is 4. The monoisotopic (exact) mass is 307 g/mol. The summed E-state index contributed by atoms with van der Waals surface area (Å²) >= 11 is 6.00. The maximum Gasteiger partial charge on any atom is 0.252 e. The maximum atomic E-state index is 13.2. The number of anilines is 1. The molecule has 2 N–H and O–H groups in total. The molecule has 1 atom stereocenters. The smallest absolute Gasteiger partial charge is 0.252 e. The van der Waals surface area contributed by atoms with Crippen LogP contribution < -0.4 is 10.6 Å². The van der Waals surface area contributed by atoms with Crippen LogP contribution in [0.5, 0.6) is 0 Å². The van der Waals surface area contributed by atoms with E-state index < -0.39 is 0 Å². The normalized spacial score (nSPS) is 11.8. The zero-order valence-electron chi connectivity index (χ0n) is 11.7. The van der Waals surface area contributed by atoms with Crippen molar-refractivity contribution in [3.63, 3.8) is 0 Å². The van der Waals surface area contributed by atoms with Crippen molar-refractivity contribution in [3.05, 3.63) is 58.6 Å². The van der Waals surface area contributed by atoms with Gasteiger partial charge in [0.2, 0.25) is 0 Å². The van der Waals surface area contributed by atoms with Crippen molar-refractivity contribution < 1.29 is 9.18 Å². The molecule has 0 aliphatic rings. The quantitative estimate of drug-likeness (QED) is 0.910. The van der Waals surface area contributed by atoms with Crippen LogP contribution in [0.25, 0.3) is 0 Å². The van der Waals surface area contributed by atoms with Crippen molar-refractivity contribution >= 4 is 23.2 Å². The van der Waals surface area contributed by atoms with E-state index in [2.05, 4.69) is 15.6 Å². The van der Waals surface area contributed by atoms with Gasteiger partial charge >= 0.3 is 0 Å². The summed E-state index contributed by atoms with van der Waals surface area (Å²) in [7, 11) is 1.54. The van der Waals surface area contributed by atoms with Crippen LogP contribution in [0, 0.1) is 5.82 Å². The molecule has 110 valence electrons. The second-order valence-electron chi connectivity index (χ2n) is 4.58. The first-order chi connectivity index (χ1) is 10.0. The van der Waals surface area contributed by atoms with Gasteiger partial charge in [0.15, 0.2) is 0 Å². The molecule has 2 aromatic rings. The standard InChI is InChI=1S/C15H15ClFN3O/c1-9(10-5-11(17)8-19-7-10)20-12-3-4-14(16)13(6-12)15(21)18-2/h3-9,20H,1-2H3,(H,18,21). The lowest BCUT2D eigenvalue weighted by atomic mass is 10.1. The van der Waals surface area contributed by atoms with Crippen LogP contribution in [0.1, 0.15) is 28.9 Å². The van der Waals surface area contributed by atoms with E-state index in [0.29, 0.717) is 16.1 Å². The Kier molecular flexibility index (Phi) is 4.75. The number of hydrogen-bond donors (Lipinski definition) is 2. The topological polar surface area (TPSA) is 54.0 Å². The number of nitrogens with zero attached hydrogens (tertiary/aromatic N) is 1. The highest BCUT2D eigenvalue weighted by Gasteiger charge is 2.12. The maximum absolute atomic E-state index is 13.2. The fourth-order valence-electron chi connectivity index (χ4n) is 1.92. The summed E-state index contributed by atoms with van der Waals surface area (Å²) in [6.07, 6.45) is 2.75. The van der Waals surface area contributed by atoms with Gasteiger partial charge < -0.3 is 10.6 Å². The number of carbonyl (C=O) groups excluding carboxylic acids is 1. The van der Waals surface area contributed by atoms with E-state index in [1.165, 1.54) is 6.07 Å². The minimum Gasteiger partial charge on any atom is -0.378 e. The molecule has 0 bridgehead atoms. The van der Waals surface area contributed by atoms with Gasteiger partial charge in [0.05, 0.1) is 22.8 Å². The first-order valence-corrected chi connectivity index (χ1v) is 6.77. The van der Waals surface area contributed by atoms with E-state index in [0.717, 1.165) is 11.9 Å². The highest BCUT2D eigenvalue weighted by Crippen LogP contribution is 2.24. The molecule has 1 aromatic carbocycles. The van der Waals surface area contributed by atoms with E-state index in [4.69, 9.17) is 11.6 Å². The lowest BCUT2D eigenvalue weighted by molar-refractivity contribution is 0.0963. The lowest BCUT2D eigenvalue weighted by Crippen LogP contribution is -2.18. The number of amides is 1. The second kappa shape index (κ2) is 6.54. The molecule has 0 radical (unpaired) electrons. The van der Waals surface area contributed by atoms with Gasteiger partial charge in [-0.05, 0) is 36.8 Å². The molecule has 6 heteroatoms. The Morgan fingerprint density at radius 1 is 1.33 bits per heavy atom. The van der Waals surface area contributed by atoms with E-state index >= 15 is 0 Å². The van der Waals surface area contributed by atoms with Gasteiger partial charge in [-0.1, -0.05) is 11.6 Å². The van der Waals surface area contributed by atoms with Gasteiger partial charge in [-0.25, -0.2) is 4.39 Å². The molecule has 0 aliphatic carbocycles. The Morgan fingerprint density at radius 2 is 2.10 bits per heavy atom. The van der Waals surface area contributed by atoms with Crippen LogP contribution >= 0.6 is 11.6 Å². The molecular formula is C15H15ClFN3O. The number of halogens is 2. The molecule has 0 saturated heterocycles. The highest BCUT2D eigenvalue weighted by atomic mass is 35.5. The predicted molar refractivity (Wildman–Crippen MR) is 81.1 cm³/mol. The van der Waals surface area contributed by atoms with Gasteiger partial charge in [0, 0.05) is 18.9 Å². The number of pyridine rings is 1. The Bertz CT molecular complexity index is 663. The van der Waals surface area contributed by atoms with Crippen molar-refractivity contribution in [2.45, 2.75) is 13.0 Å². The molecule has 1 unspecified atom stereocenters. The molecule has 21 heavy (non-hydrogen) atoms. The summed E-state index contributed by atoms with van der Waals surface area (Å²) in [5, 5.41) is 6.09. The van der Waals surface area contributed by atoms with E-state index in [-0.39, 0.29) is 17.8 Å². The van der Waals surface area contributed by atoms with E-state index in [9.17, 15) is 9.18 Å². The zero-order chi connectivity index (χ0) is 15.4. The van der Waals surface area contributed by atoms with Crippen molar-refractivity contribution in [2.75, 3.05) is 12.4 Å². The van der Waals surface area contributed by atoms with Crippen LogP contribution in [-0.2, 0) is 0 Å². The first-order valence-electron chi connectivity index (χ1n) is 6.40. The average Bonchev–Trinajstić information content (AvgIpc) is 2.48. The van der Waals surface area contributed by atoms with Crippen LogP contribution in [0.2, 0.25) is 5.02 Å². The summed E-state index contributed by atoms with van der Waals surface area (Å²) in [5.74, 6) is -0.646. The van der Waals surface area contributed by atoms with Gasteiger partial charge in [0.1, 0.15) is 5.82 Å². The van der Waals surface area contributed by atoms with Crippen molar-refractivity contribution in [3.8, 4) is 0 Å². The molecule has 1 heterocycles. The number of carbonyl (C=O) groups is 1. The summed E-state index contributed by atoms with van der Waals surface area (Å²) in [6.45, 7) is 1.88. The minimum absolute atomic E-state index is 0.160. The predicted octanol–water partition coefficient (Wildman–Crippen LogP) is 3.41. The van der Waals surface area contributed by atoms with Crippen molar-refractivity contribution in [1.29, 1.82) is 0 Å². The lowest BCUT2D eigenvalue weighted by Gasteiger charge is -2.16. The Hall–Kier alpha value is -2.14. The number of hydrogen-bond acceptors (Lipinski definition) is 3. The SMILES string of the molecule is CNC(=O)c1cc(NC(C)c2cncc(F)c2)ccc1Cl. The van der Waals surface area contributed by atoms with Crippen LogP contribution in [-0.4, -0.2) is 17.9 Å². The van der Waals surface area contributed by atoms with Crippen LogP contribution in [0.15, 0.2) is 36.7 Å². The van der Waals surface area contributed by atoms with Crippen LogP contribution in [0.3, 0.4) is 0 Å². The molecule has 0 spiro atoms. The van der Waals surface area contributed by atoms with E-state index in [1.54, 1.807) is 31.4 Å². The second-order valence-corrected chi connectivity index (χ2v) is 4.98. The molecule has 4 nitrogen and oxygen atoms in total. The number of nitrogens with one attached hydrogen (secondary N) is 2. The summed E-state index contributed by atoms with van der Waals surface area (Å²) in [6, 6.07) is 6.32. The molecule has 0 saturated carbocycles. The minimum atomic E-state index is -0.386. The third kappa shape index (κ3) is 3.70. The molecule has 1 amide bonds. The molecular weight excluding hydrogens is 293 g/mol. The van der Waals surface area contributed by atoms with Crippen molar-refractivity contribution in [2.24, 2.45) is 0 Å². The first kappa shape index (κ1) is 15.3. The average molecular weight is 308 g/mol. The molecule has 0 fully saturated rings. The summed E-state index contributed by atoms with van der Waals surface area (Å²) < 4.78 is 13.2. The number of aromatic nitrogens is 1. The van der Waals surface area contributed by atoms with Crippen molar-refractivity contribution in [1.82, 2.24) is 10.3 Å². The third-order valence-corrected chi connectivity index (χ3v) is 3.38. The van der Waals surface area contributed by atoms with Gasteiger partial charge in [-0.15, -0.1) is 0 Å². The zero-order valence-corrected chi connectivity index (χ0v) is 12.4. The summed E-state index contributed by atoms with van der Waals surface area (Å²) in [5.41, 5.74) is 1.81. The fraction of sp³-hybridized carbons (Fsp3) is 0.200. The largest absolute Gasteiger partial charge is 0.378 e. The molecule has 0 aliphatic heterocycles. The molecule has 2 rings (SSSR count). The third-order valence-electron chi connectivity index (χ3n) is 3.05. The fourth-order valence-corrected chi connectivity index (χ4v) is 2.13. The van der Waals surface area contributed by atoms with Gasteiger partial charge in [0.25, 0.3) is 5.91 Å². The number of benzene rings is 1. The Balaban J connectivity index is 2.21. The Labute approximate surface area is 127 Å². The van der Waals surface area contributed by atoms with Gasteiger partial charge in [-0.3, -0.25) is 9.78 Å². The van der Waals surface area contributed by atoms with E-state index in [1.807, 2.05) is 6.92 Å². The van der Waals surface area contributed by atoms with Gasteiger partial charge in [-0.2, -0.15) is 0 Å². The van der Waals surface area contributed by atoms with Crippen LogP contribution in [0.4, 0.5) is 10.1 Å².